The lowest BCUT2D eigenvalue weighted by molar-refractivity contribution is 0.623. The zero-order valence-corrected chi connectivity index (χ0v) is 9.86. The van der Waals surface area contributed by atoms with Crippen molar-refractivity contribution in [1.82, 2.24) is 0 Å². The fraction of sp³-hybridized carbons (Fsp3) is 0.455. The summed E-state index contributed by atoms with van der Waals surface area (Å²) in [4.78, 5) is 0. The third kappa shape index (κ3) is 2.41. The molecule has 0 bridgehead atoms. The van der Waals surface area contributed by atoms with E-state index in [1.165, 1.54) is 6.07 Å². The minimum Gasteiger partial charge on any atom is -0.319 e. The van der Waals surface area contributed by atoms with E-state index < -0.39 is 0 Å². The fourth-order valence-corrected chi connectivity index (χ4v) is 1.74. The molecule has 0 aromatic heterocycles. The maximum atomic E-state index is 13.0. The van der Waals surface area contributed by atoms with Gasteiger partial charge in [0.1, 0.15) is 5.82 Å². The molecule has 0 saturated carbocycles. The zero-order valence-electron chi connectivity index (χ0n) is 9.04. The number of hydrogen-bond acceptors (Lipinski definition) is 2. The van der Waals surface area contributed by atoms with Crippen molar-refractivity contribution in [3.63, 3.8) is 0 Å². The van der Waals surface area contributed by atoms with Gasteiger partial charge in [0.25, 0.3) is 0 Å². The first-order chi connectivity index (χ1) is 6.56. The molecule has 78 valence electrons. The lowest BCUT2D eigenvalue weighted by atomic mass is 10.0. The second-order valence-corrected chi connectivity index (χ2v) is 4.45. The van der Waals surface area contributed by atoms with Crippen LogP contribution in [0.5, 0.6) is 0 Å². The van der Waals surface area contributed by atoms with E-state index in [2.05, 4.69) is 18.2 Å². The van der Waals surface area contributed by atoms with Crippen molar-refractivity contribution in [2.24, 2.45) is 0 Å². The zero-order chi connectivity index (χ0) is 10.7. The van der Waals surface area contributed by atoms with E-state index in [0.29, 0.717) is 5.92 Å². The van der Waals surface area contributed by atoms with Crippen LogP contribution in [0.25, 0.3) is 0 Å². The maximum absolute atomic E-state index is 13.0. The van der Waals surface area contributed by atoms with Gasteiger partial charge in [-0.1, -0.05) is 25.8 Å². The lowest BCUT2D eigenvalue weighted by Gasteiger charge is -2.21. The minimum atomic E-state index is -0.160. The Kier molecular flexibility index (Phi) is 3.81. The van der Waals surface area contributed by atoms with Crippen LogP contribution in [0.4, 0.5) is 10.1 Å². The van der Waals surface area contributed by atoms with E-state index >= 15 is 0 Å². The molecular weight excluding hydrogens is 197 g/mol. The molecule has 0 heterocycles. The first-order valence-electron chi connectivity index (χ1n) is 4.63. The highest BCUT2D eigenvalue weighted by Gasteiger charge is 2.10. The van der Waals surface area contributed by atoms with Crippen molar-refractivity contribution in [3.8, 4) is 0 Å². The van der Waals surface area contributed by atoms with Gasteiger partial charge in [0.2, 0.25) is 0 Å². The van der Waals surface area contributed by atoms with E-state index in [0.717, 1.165) is 11.3 Å². The molecular formula is C11H16FNS. The standard InChI is InChI=1S/C11H16FNS/c1-8(2)10-7-9(12)5-6-11(10)13(3)14-4/h5-8H,1-4H3. The molecule has 14 heavy (non-hydrogen) atoms. The van der Waals surface area contributed by atoms with Gasteiger partial charge in [-0.05, 0) is 29.7 Å². The quantitative estimate of drug-likeness (QED) is 0.705. The monoisotopic (exact) mass is 213 g/mol. The van der Waals surface area contributed by atoms with E-state index in [1.807, 2.05) is 19.4 Å². The summed E-state index contributed by atoms with van der Waals surface area (Å²) in [6.45, 7) is 4.15. The highest BCUT2D eigenvalue weighted by molar-refractivity contribution is 7.99. The molecule has 1 aromatic carbocycles. The smallest absolute Gasteiger partial charge is 0.123 e. The van der Waals surface area contributed by atoms with Crippen molar-refractivity contribution < 1.29 is 4.39 Å². The summed E-state index contributed by atoms with van der Waals surface area (Å²) in [6, 6.07) is 4.96. The Morgan fingerprint density at radius 3 is 2.50 bits per heavy atom. The number of anilines is 1. The van der Waals surface area contributed by atoms with Crippen LogP contribution in [0.3, 0.4) is 0 Å². The molecule has 1 nitrogen and oxygen atoms in total. The molecule has 0 aliphatic carbocycles. The van der Waals surface area contributed by atoms with Gasteiger partial charge in [-0.3, -0.25) is 0 Å². The predicted molar refractivity (Wildman–Crippen MR) is 62.4 cm³/mol. The average Bonchev–Trinajstić information content (AvgIpc) is 2.16. The molecule has 0 radical (unpaired) electrons. The Morgan fingerprint density at radius 2 is 2.00 bits per heavy atom. The summed E-state index contributed by atoms with van der Waals surface area (Å²) in [5.74, 6) is 0.183. The van der Waals surface area contributed by atoms with Crippen LogP contribution < -0.4 is 4.31 Å². The van der Waals surface area contributed by atoms with Crippen molar-refractivity contribution in [2.75, 3.05) is 17.6 Å². The molecule has 0 atom stereocenters. The van der Waals surface area contributed by atoms with Crippen LogP contribution in [-0.2, 0) is 0 Å². The topological polar surface area (TPSA) is 3.24 Å². The third-order valence-corrected chi connectivity index (χ3v) is 2.97. The second-order valence-electron chi connectivity index (χ2n) is 3.54. The van der Waals surface area contributed by atoms with Crippen LogP contribution in [0, 0.1) is 5.82 Å². The van der Waals surface area contributed by atoms with Crippen molar-refractivity contribution in [1.29, 1.82) is 0 Å². The first-order valence-corrected chi connectivity index (χ1v) is 5.81. The molecule has 0 saturated heterocycles. The van der Waals surface area contributed by atoms with Crippen LogP contribution in [0.2, 0.25) is 0 Å². The fourth-order valence-electron chi connectivity index (χ4n) is 1.37. The lowest BCUT2D eigenvalue weighted by Crippen LogP contribution is -2.09. The molecule has 0 N–H and O–H groups in total. The maximum Gasteiger partial charge on any atom is 0.123 e. The highest BCUT2D eigenvalue weighted by Crippen LogP contribution is 2.30. The van der Waals surface area contributed by atoms with Gasteiger partial charge in [0.15, 0.2) is 0 Å². The van der Waals surface area contributed by atoms with E-state index in [4.69, 9.17) is 0 Å². The Morgan fingerprint density at radius 1 is 1.36 bits per heavy atom. The molecule has 0 aliphatic heterocycles. The summed E-state index contributed by atoms with van der Waals surface area (Å²) < 4.78 is 15.1. The Labute approximate surface area is 89.4 Å². The largest absolute Gasteiger partial charge is 0.319 e. The first kappa shape index (κ1) is 11.4. The minimum absolute atomic E-state index is 0.160. The van der Waals surface area contributed by atoms with Gasteiger partial charge < -0.3 is 4.31 Å². The van der Waals surface area contributed by atoms with Crippen LogP contribution in [0.1, 0.15) is 25.3 Å². The number of hydrogen-bond donors (Lipinski definition) is 0. The second kappa shape index (κ2) is 4.69. The van der Waals surface area contributed by atoms with Crippen LogP contribution >= 0.6 is 11.9 Å². The Balaban J connectivity index is 3.14. The van der Waals surface area contributed by atoms with Crippen molar-refractivity contribution >= 4 is 17.6 Å². The normalized spacial score (nSPS) is 10.7. The van der Waals surface area contributed by atoms with Crippen LogP contribution in [0.15, 0.2) is 18.2 Å². The van der Waals surface area contributed by atoms with Gasteiger partial charge in [-0.25, -0.2) is 4.39 Å². The van der Waals surface area contributed by atoms with Gasteiger partial charge >= 0.3 is 0 Å². The molecule has 3 heteroatoms. The molecule has 0 spiro atoms. The van der Waals surface area contributed by atoms with Crippen LogP contribution in [-0.4, -0.2) is 13.3 Å². The summed E-state index contributed by atoms with van der Waals surface area (Å²) in [5.41, 5.74) is 2.15. The SMILES string of the molecule is CSN(C)c1ccc(F)cc1C(C)C. The average molecular weight is 213 g/mol. The summed E-state index contributed by atoms with van der Waals surface area (Å²) >= 11 is 1.63. The third-order valence-electron chi connectivity index (χ3n) is 2.22. The number of nitrogens with zero attached hydrogens (tertiary/aromatic N) is 1. The Hall–Kier alpha value is -0.700. The predicted octanol–water partition coefficient (Wildman–Crippen LogP) is 3.66. The summed E-state index contributed by atoms with van der Waals surface area (Å²) in [7, 11) is 1.99. The van der Waals surface area contributed by atoms with Crippen molar-refractivity contribution in [3.05, 3.63) is 29.6 Å². The van der Waals surface area contributed by atoms with Gasteiger partial charge in [-0.2, -0.15) is 0 Å². The molecule has 0 amide bonds. The van der Waals surface area contributed by atoms with E-state index in [9.17, 15) is 4.39 Å². The molecule has 1 aromatic rings. The summed E-state index contributed by atoms with van der Waals surface area (Å²) in [6.07, 6.45) is 2.01. The highest BCUT2D eigenvalue weighted by atomic mass is 32.2. The number of rotatable bonds is 3. The number of halogens is 1. The van der Waals surface area contributed by atoms with Gasteiger partial charge in [-0.15, -0.1) is 0 Å². The van der Waals surface area contributed by atoms with Gasteiger partial charge in [0, 0.05) is 13.3 Å². The Bertz CT molecular complexity index is 312. The number of benzene rings is 1. The van der Waals surface area contributed by atoms with Crippen molar-refractivity contribution in [2.45, 2.75) is 19.8 Å². The molecule has 0 aliphatic rings. The summed E-state index contributed by atoms with van der Waals surface area (Å²) in [5, 5.41) is 0. The van der Waals surface area contributed by atoms with E-state index in [1.54, 1.807) is 18.0 Å². The van der Waals surface area contributed by atoms with E-state index in [-0.39, 0.29) is 5.82 Å². The molecule has 0 unspecified atom stereocenters. The molecule has 1 rings (SSSR count). The van der Waals surface area contributed by atoms with Gasteiger partial charge in [0.05, 0.1) is 5.69 Å². The molecule has 0 fully saturated rings.